The quantitative estimate of drug-likeness (QED) is 0.865. The summed E-state index contributed by atoms with van der Waals surface area (Å²) in [6, 6.07) is 0.128. The molecule has 2 fully saturated rings. The average Bonchev–Trinajstić information content (AvgIpc) is 2.64. The highest BCUT2D eigenvalue weighted by Crippen LogP contribution is 2.52. The number of sulfone groups is 1. The van der Waals surface area contributed by atoms with Crippen LogP contribution in [0.4, 0.5) is 0 Å². The molecule has 1 saturated heterocycles. The maximum atomic E-state index is 11.8. The van der Waals surface area contributed by atoms with Crippen molar-refractivity contribution in [1.82, 2.24) is 4.90 Å². The van der Waals surface area contributed by atoms with Gasteiger partial charge in [0.25, 0.3) is 0 Å². The second-order valence-electron chi connectivity index (χ2n) is 8.95. The van der Waals surface area contributed by atoms with Crippen molar-refractivity contribution >= 4 is 9.84 Å². The lowest BCUT2D eigenvalue weighted by Gasteiger charge is -2.56. The molecule has 1 unspecified atom stereocenters. The van der Waals surface area contributed by atoms with Gasteiger partial charge in [-0.1, -0.05) is 27.7 Å². The van der Waals surface area contributed by atoms with E-state index in [1.807, 2.05) is 0 Å². The molecule has 0 aromatic carbocycles. The van der Waals surface area contributed by atoms with E-state index in [-0.39, 0.29) is 22.4 Å². The lowest BCUT2D eigenvalue weighted by Crippen LogP contribution is -2.62. The fraction of sp³-hybridized carbons (Fsp3) is 1.00. The summed E-state index contributed by atoms with van der Waals surface area (Å²) in [6.45, 7) is 9.87. The summed E-state index contributed by atoms with van der Waals surface area (Å²) in [5.41, 5.74) is 6.64. The molecule has 2 aliphatic rings. The zero-order chi connectivity index (χ0) is 16.1. The van der Waals surface area contributed by atoms with Crippen molar-refractivity contribution in [1.29, 1.82) is 0 Å². The van der Waals surface area contributed by atoms with Crippen molar-refractivity contribution in [3.63, 3.8) is 0 Å². The van der Waals surface area contributed by atoms with Gasteiger partial charge in [-0.25, -0.2) is 8.42 Å². The minimum atomic E-state index is -2.85. The van der Waals surface area contributed by atoms with Crippen LogP contribution in [0.3, 0.4) is 0 Å². The summed E-state index contributed by atoms with van der Waals surface area (Å²) in [6.07, 6.45) is 4.04. The average molecular weight is 317 g/mol. The van der Waals surface area contributed by atoms with Crippen LogP contribution in [-0.2, 0) is 9.84 Å². The molecule has 1 heterocycles. The molecule has 0 amide bonds. The zero-order valence-corrected chi connectivity index (χ0v) is 15.1. The second kappa shape index (κ2) is 5.20. The second-order valence-corrected chi connectivity index (χ2v) is 11.2. The van der Waals surface area contributed by atoms with Crippen molar-refractivity contribution in [2.24, 2.45) is 16.6 Å². The monoisotopic (exact) mass is 316 g/mol. The fourth-order valence-electron chi connectivity index (χ4n) is 5.27. The molecule has 0 radical (unpaired) electrons. The number of hydrogen-bond acceptors (Lipinski definition) is 4. The first-order chi connectivity index (χ1) is 9.40. The van der Waals surface area contributed by atoms with Crippen LogP contribution in [0, 0.1) is 10.8 Å². The van der Waals surface area contributed by atoms with Gasteiger partial charge >= 0.3 is 0 Å². The van der Waals surface area contributed by atoms with Crippen LogP contribution in [0.25, 0.3) is 0 Å². The van der Waals surface area contributed by atoms with Gasteiger partial charge in [-0.2, -0.15) is 0 Å². The molecule has 2 N–H and O–H groups in total. The van der Waals surface area contributed by atoms with Crippen molar-refractivity contribution in [3.05, 3.63) is 0 Å². The van der Waals surface area contributed by atoms with E-state index < -0.39 is 9.84 Å². The standard InChI is InChI=1S/C16H32N2O2S/c1-14(2)9-15(3,4)11-16(10-14,12-17)18(5)13-6-7-21(19,20)8-13/h13H,6-12,17H2,1-5H3. The van der Waals surface area contributed by atoms with E-state index in [1.54, 1.807) is 0 Å². The van der Waals surface area contributed by atoms with E-state index in [0.717, 1.165) is 19.3 Å². The number of likely N-dealkylation sites (N-methyl/N-ethyl adjacent to an activating group) is 1. The van der Waals surface area contributed by atoms with Crippen LogP contribution in [-0.4, -0.2) is 50.0 Å². The Labute approximate surface area is 130 Å². The summed E-state index contributed by atoms with van der Waals surface area (Å²) >= 11 is 0. The SMILES string of the molecule is CN(C1CCS(=O)(=O)C1)C1(CN)CC(C)(C)CC(C)(C)C1. The van der Waals surface area contributed by atoms with Gasteiger partial charge in [-0.3, -0.25) is 4.90 Å². The van der Waals surface area contributed by atoms with E-state index in [9.17, 15) is 8.42 Å². The summed E-state index contributed by atoms with van der Waals surface area (Å²) in [4.78, 5) is 2.32. The van der Waals surface area contributed by atoms with Gasteiger partial charge in [0.2, 0.25) is 0 Å². The van der Waals surface area contributed by atoms with Gasteiger partial charge in [0.1, 0.15) is 0 Å². The summed E-state index contributed by atoms with van der Waals surface area (Å²) in [7, 11) is -0.761. The van der Waals surface area contributed by atoms with Crippen molar-refractivity contribution in [2.45, 2.75) is 65.0 Å². The molecule has 0 bridgehead atoms. The number of hydrogen-bond donors (Lipinski definition) is 1. The van der Waals surface area contributed by atoms with Crippen LogP contribution < -0.4 is 5.73 Å². The molecule has 1 aliphatic heterocycles. The van der Waals surface area contributed by atoms with Gasteiger partial charge < -0.3 is 5.73 Å². The Hall–Kier alpha value is -0.130. The van der Waals surface area contributed by atoms with Crippen molar-refractivity contribution < 1.29 is 8.42 Å². The molecule has 21 heavy (non-hydrogen) atoms. The predicted molar refractivity (Wildman–Crippen MR) is 88.0 cm³/mol. The summed E-state index contributed by atoms with van der Waals surface area (Å²) in [5.74, 6) is 0.627. The minimum Gasteiger partial charge on any atom is -0.329 e. The highest BCUT2D eigenvalue weighted by molar-refractivity contribution is 7.91. The molecule has 4 nitrogen and oxygen atoms in total. The Morgan fingerprint density at radius 3 is 2.00 bits per heavy atom. The zero-order valence-electron chi connectivity index (χ0n) is 14.3. The first kappa shape index (κ1) is 17.2. The molecule has 0 aromatic heterocycles. The third-order valence-electron chi connectivity index (χ3n) is 5.46. The molecular weight excluding hydrogens is 284 g/mol. The molecule has 0 spiro atoms. The number of rotatable bonds is 3. The van der Waals surface area contributed by atoms with E-state index >= 15 is 0 Å². The molecule has 5 heteroatoms. The van der Waals surface area contributed by atoms with Crippen LogP contribution in [0.5, 0.6) is 0 Å². The lowest BCUT2D eigenvalue weighted by atomic mass is 9.57. The molecule has 1 saturated carbocycles. The number of nitrogens with zero attached hydrogens (tertiary/aromatic N) is 1. The van der Waals surface area contributed by atoms with E-state index in [1.165, 1.54) is 6.42 Å². The summed E-state index contributed by atoms with van der Waals surface area (Å²) in [5, 5.41) is 0. The lowest BCUT2D eigenvalue weighted by molar-refractivity contribution is -0.0458. The van der Waals surface area contributed by atoms with Gasteiger partial charge in [0.05, 0.1) is 11.5 Å². The Kier molecular flexibility index (Phi) is 4.27. The van der Waals surface area contributed by atoms with Crippen LogP contribution >= 0.6 is 0 Å². The molecule has 1 atom stereocenters. The van der Waals surface area contributed by atoms with Crippen molar-refractivity contribution in [3.8, 4) is 0 Å². The first-order valence-electron chi connectivity index (χ1n) is 8.04. The van der Waals surface area contributed by atoms with Gasteiger partial charge in [0, 0.05) is 18.1 Å². The van der Waals surface area contributed by atoms with Crippen LogP contribution in [0.2, 0.25) is 0 Å². The Bertz CT molecular complexity index is 480. The van der Waals surface area contributed by atoms with Gasteiger partial charge in [0.15, 0.2) is 9.84 Å². The Morgan fingerprint density at radius 1 is 1.10 bits per heavy atom. The van der Waals surface area contributed by atoms with Gasteiger partial charge in [-0.15, -0.1) is 0 Å². The van der Waals surface area contributed by atoms with E-state index in [2.05, 4.69) is 39.6 Å². The van der Waals surface area contributed by atoms with E-state index in [4.69, 9.17) is 5.73 Å². The smallest absolute Gasteiger partial charge is 0.151 e. The molecular formula is C16H32N2O2S. The topological polar surface area (TPSA) is 63.4 Å². The third kappa shape index (κ3) is 3.62. The largest absolute Gasteiger partial charge is 0.329 e. The maximum Gasteiger partial charge on any atom is 0.151 e. The summed E-state index contributed by atoms with van der Waals surface area (Å²) < 4.78 is 23.6. The predicted octanol–water partition coefficient (Wildman–Crippen LogP) is 2.04. The highest BCUT2D eigenvalue weighted by Gasteiger charge is 2.51. The molecule has 0 aromatic rings. The first-order valence-corrected chi connectivity index (χ1v) is 9.86. The Balaban J connectivity index is 2.28. The molecule has 2 rings (SSSR count). The minimum absolute atomic E-state index is 0.0736. The fourth-order valence-corrected chi connectivity index (χ4v) is 7.04. The van der Waals surface area contributed by atoms with E-state index in [0.29, 0.717) is 18.1 Å². The number of nitrogens with two attached hydrogens (primary N) is 1. The molecule has 124 valence electrons. The molecule has 1 aliphatic carbocycles. The van der Waals surface area contributed by atoms with Gasteiger partial charge in [-0.05, 0) is 43.6 Å². The van der Waals surface area contributed by atoms with Crippen molar-refractivity contribution in [2.75, 3.05) is 25.1 Å². The highest BCUT2D eigenvalue weighted by atomic mass is 32.2. The van der Waals surface area contributed by atoms with Crippen LogP contribution in [0.15, 0.2) is 0 Å². The third-order valence-corrected chi connectivity index (χ3v) is 7.21. The Morgan fingerprint density at radius 2 is 1.62 bits per heavy atom. The maximum absolute atomic E-state index is 11.8. The normalized spacial score (nSPS) is 33.2. The van der Waals surface area contributed by atoms with Crippen LogP contribution in [0.1, 0.15) is 53.4 Å².